The highest BCUT2D eigenvalue weighted by Crippen LogP contribution is 2.29. The van der Waals surface area contributed by atoms with E-state index in [1.807, 2.05) is 6.07 Å². The van der Waals surface area contributed by atoms with Crippen LogP contribution in [0.25, 0.3) is 0 Å². The molecule has 0 bridgehead atoms. The number of halogens is 1. The molecule has 5 nitrogen and oxygen atoms in total. The molecule has 1 aromatic rings. The summed E-state index contributed by atoms with van der Waals surface area (Å²) >= 11 is 1.52. The van der Waals surface area contributed by atoms with Crippen LogP contribution in [0.3, 0.4) is 0 Å². The number of carbonyl (C=O) groups is 2. The smallest absolute Gasteiger partial charge is 0.308 e. The number of rotatable bonds is 2. The number of amides is 1. The van der Waals surface area contributed by atoms with Gasteiger partial charge in [0.1, 0.15) is 0 Å². The predicted molar refractivity (Wildman–Crippen MR) is 76.6 cm³/mol. The Morgan fingerprint density at radius 2 is 2.25 bits per heavy atom. The summed E-state index contributed by atoms with van der Waals surface area (Å²) in [6.45, 7) is 2.16. The van der Waals surface area contributed by atoms with Gasteiger partial charge in [-0.15, -0.1) is 23.7 Å². The molecule has 3 rings (SSSR count). The molecule has 20 heavy (non-hydrogen) atoms. The maximum Gasteiger partial charge on any atom is 0.308 e. The van der Waals surface area contributed by atoms with Crippen molar-refractivity contribution >= 4 is 35.6 Å². The van der Waals surface area contributed by atoms with E-state index >= 15 is 0 Å². The van der Waals surface area contributed by atoms with Crippen LogP contribution in [0.5, 0.6) is 0 Å². The Labute approximate surface area is 126 Å². The van der Waals surface area contributed by atoms with Gasteiger partial charge in [0.25, 0.3) is 5.91 Å². The SMILES string of the molecule is Cl.O=C(O)C1CCN(C(=O)c2cc3c(s2)CCOC3)C1. The Hall–Kier alpha value is -1.11. The molecule has 1 amide bonds. The molecule has 1 unspecified atom stereocenters. The highest BCUT2D eigenvalue weighted by molar-refractivity contribution is 7.14. The summed E-state index contributed by atoms with van der Waals surface area (Å²) in [6.07, 6.45) is 1.42. The molecule has 1 saturated heterocycles. The third-order valence-corrected chi connectivity index (χ3v) is 4.89. The molecule has 110 valence electrons. The molecular weight excluding hydrogens is 302 g/mol. The van der Waals surface area contributed by atoms with Gasteiger partial charge in [0, 0.05) is 24.4 Å². The van der Waals surface area contributed by atoms with Gasteiger partial charge in [-0.05, 0) is 18.1 Å². The molecule has 1 aromatic heterocycles. The summed E-state index contributed by atoms with van der Waals surface area (Å²) in [4.78, 5) is 26.8. The summed E-state index contributed by atoms with van der Waals surface area (Å²) in [7, 11) is 0. The van der Waals surface area contributed by atoms with Gasteiger partial charge in [-0.2, -0.15) is 0 Å². The quantitative estimate of drug-likeness (QED) is 0.903. The van der Waals surface area contributed by atoms with Crippen molar-refractivity contribution in [1.29, 1.82) is 0 Å². The second-order valence-electron chi connectivity index (χ2n) is 4.94. The normalized spacial score (nSPS) is 21.2. The molecule has 0 radical (unpaired) electrons. The number of hydrogen-bond donors (Lipinski definition) is 1. The third-order valence-electron chi connectivity index (χ3n) is 3.66. The minimum atomic E-state index is -0.811. The van der Waals surface area contributed by atoms with Gasteiger partial charge in [0.15, 0.2) is 0 Å². The third kappa shape index (κ3) is 2.82. The Bertz CT molecular complexity index is 507. The first-order valence-corrected chi connectivity index (χ1v) is 7.18. The topological polar surface area (TPSA) is 66.8 Å². The second kappa shape index (κ2) is 6.11. The summed E-state index contributed by atoms with van der Waals surface area (Å²) < 4.78 is 5.37. The monoisotopic (exact) mass is 317 g/mol. The zero-order valence-electron chi connectivity index (χ0n) is 10.8. The number of carbonyl (C=O) groups excluding carboxylic acids is 1. The van der Waals surface area contributed by atoms with Crippen LogP contribution in [0.4, 0.5) is 0 Å². The molecule has 0 spiro atoms. The van der Waals surface area contributed by atoms with Gasteiger partial charge in [-0.1, -0.05) is 0 Å². The lowest BCUT2D eigenvalue weighted by atomic mass is 10.1. The van der Waals surface area contributed by atoms with Gasteiger partial charge in [-0.25, -0.2) is 0 Å². The highest BCUT2D eigenvalue weighted by Gasteiger charge is 2.32. The number of carboxylic acid groups (broad SMARTS) is 1. The molecule has 0 aliphatic carbocycles. The van der Waals surface area contributed by atoms with Gasteiger partial charge in [0.05, 0.1) is 24.0 Å². The summed E-state index contributed by atoms with van der Waals surface area (Å²) in [5.41, 5.74) is 1.11. The lowest BCUT2D eigenvalue weighted by Gasteiger charge is -2.14. The fourth-order valence-electron chi connectivity index (χ4n) is 2.55. The van der Waals surface area contributed by atoms with Crippen molar-refractivity contribution in [2.45, 2.75) is 19.4 Å². The number of ether oxygens (including phenoxy) is 1. The van der Waals surface area contributed by atoms with Crippen LogP contribution in [0.1, 0.15) is 26.5 Å². The Morgan fingerprint density at radius 3 is 2.90 bits per heavy atom. The van der Waals surface area contributed by atoms with Crippen LogP contribution in [-0.4, -0.2) is 41.6 Å². The number of aliphatic carboxylic acids is 1. The minimum absolute atomic E-state index is 0. The van der Waals surface area contributed by atoms with Crippen molar-refractivity contribution in [3.05, 3.63) is 21.4 Å². The second-order valence-corrected chi connectivity index (χ2v) is 6.07. The van der Waals surface area contributed by atoms with Crippen LogP contribution < -0.4 is 0 Å². The standard InChI is InChI=1S/C13H15NO4S.ClH/c15-12(14-3-1-8(6-14)13(16)17)11-5-9-7-18-4-2-10(9)19-11;/h5,8H,1-4,6-7H2,(H,16,17);1H. The summed E-state index contributed by atoms with van der Waals surface area (Å²) in [6, 6.07) is 1.90. The zero-order valence-corrected chi connectivity index (χ0v) is 12.5. The van der Waals surface area contributed by atoms with E-state index in [1.165, 1.54) is 16.2 Å². The molecule has 1 fully saturated rings. The Kier molecular flexibility index (Phi) is 4.67. The minimum Gasteiger partial charge on any atom is -0.481 e. The average Bonchev–Trinajstić information content (AvgIpc) is 3.04. The first-order valence-electron chi connectivity index (χ1n) is 6.36. The molecular formula is C13H16ClNO4S. The number of thiophene rings is 1. The average molecular weight is 318 g/mol. The predicted octanol–water partition coefficient (Wildman–Crippen LogP) is 1.79. The van der Waals surface area contributed by atoms with Crippen molar-refractivity contribution in [2.24, 2.45) is 5.92 Å². The lowest BCUT2D eigenvalue weighted by molar-refractivity contribution is -0.141. The summed E-state index contributed by atoms with van der Waals surface area (Å²) in [5, 5.41) is 8.96. The van der Waals surface area contributed by atoms with Crippen LogP contribution in [0.2, 0.25) is 0 Å². The van der Waals surface area contributed by atoms with Crippen molar-refractivity contribution in [2.75, 3.05) is 19.7 Å². The van der Waals surface area contributed by atoms with E-state index in [1.54, 1.807) is 4.90 Å². The maximum atomic E-state index is 12.3. The molecule has 3 heterocycles. The van der Waals surface area contributed by atoms with Crippen molar-refractivity contribution in [3.8, 4) is 0 Å². The van der Waals surface area contributed by atoms with Crippen LogP contribution in [0.15, 0.2) is 6.07 Å². The lowest BCUT2D eigenvalue weighted by Crippen LogP contribution is -2.29. The molecule has 0 aromatic carbocycles. The van der Waals surface area contributed by atoms with Gasteiger partial charge >= 0.3 is 5.97 Å². The van der Waals surface area contributed by atoms with Crippen molar-refractivity contribution in [3.63, 3.8) is 0 Å². The Morgan fingerprint density at radius 1 is 1.45 bits per heavy atom. The maximum absolute atomic E-state index is 12.3. The van der Waals surface area contributed by atoms with E-state index in [4.69, 9.17) is 9.84 Å². The number of carboxylic acids is 1. The zero-order chi connectivity index (χ0) is 13.4. The van der Waals surface area contributed by atoms with Crippen LogP contribution >= 0.6 is 23.7 Å². The number of fused-ring (bicyclic) bond motifs is 1. The first-order chi connectivity index (χ1) is 9.15. The van der Waals surface area contributed by atoms with E-state index in [0.717, 1.165) is 12.0 Å². The van der Waals surface area contributed by atoms with Crippen molar-refractivity contribution < 1.29 is 19.4 Å². The number of likely N-dealkylation sites (tertiary alicyclic amines) is 1. The van der Waals surface area contributed by atoms with E-state index in [-0.39, 0.29) is 18.3 Å². The van der Waals surface area contributed by atoms with E-state index in [0.29, 0.717) is 37.6 Å². The molecule has 0 saturated carbocycles. The van der Waals surface area contributed by atoms with Crippen molar-refractivity contribution in [1.82, 2.24) is 4.90 Å². The van der Waals surface area contributed by atoms with Gasteiger partial charge < -0.3 is 14.7 Å². The number of nitrogens with zero attached hydrogens (tertiary/aromatic N) is 1. The summed E-state index contributed by atoms with van der Waals surface area (Å²) in [5.74, 6) is -1.26. The van der Waals surface area contributed by atoms with E-state index in [9.17, 15) is 9.59 Å². The molecule has 2 aliphatic rings. The fraction of sp³-hybridized carbons (Fsp3) is 0.538. The molecule has 2 aliphatic heterocycles. The highest BCUT2D eigenvalue weighted by atomic mass is 35.5. The number of hydrogen-bond acceptors (Lipinski definition) is 4. The first kappa shape index (κ1) is 15.3. The molecule has 7 heteroatoms. The molecule has 1 atom stereocenters. The van der Waals surface area contributed by atoms with Gasteiger partial charge in [0.2, 0.25) is 0 Å². The van der Waals surface area contributed by atoms with Gasteiger partial charge in [-0.3, -0.25) is 9.59 Å². The van der Waals surface area contributed by atoms with E-state index < -0.39 is 11.9 Å². The Balaban J connectivity index is 0.00000147. The largest absolute Gasteiger partial charge is 0.481 e. The van der Waals surface area contributed by atoms with Crippen LogP contribution in [-0.2, 0) is 22.6 Å². The van der Waals surface area contributed by atoms with Crippen LogP contribution in [0, 0.1) is 5.92 Å². The fourth-order valence-corrected chi connectivity index (χ4v) is 3.67. The van der Waals surface area contributed by atoms with E-state index in [2.05, 4.69) is 0 Å². The molecule has 1 N–H and O–H groups in total.